The van der Waals surface area contributed by atoms with E-state index in [1.165, 1.54) is 19.3 Å². The lowest BCUT2D eigenvalue weighted by Gasteiger charge is -2.37. The van der Waals surface area contributed by atoms with E-state index < -0.39 is 0 Å². The van der Waals surface area contributed by atoms with Crippen molar-refractivity contribution in [3.8, 4) is 0 Å². The number of amides is 1. The summed E-state index contributed by atoms with van der Waals surface area (Å²) in [5, 5.41) is 2.93. The van der Waals surface area contributed by atoms with Gasteiger partial charge in [-0.2, -0.15) is 0 Å². The van der Waals surface area contributed by atoms with Gasteiger partial charge in [-0.05, 0) is 32.2 Å². The van der Waals surface area contributed by atoms with Crippen LogP contribution in [0, 0.1) is 0 Å². The third kappa shape index (κ3) is 4.49. The fourth-order valence-electron chi connectivity index (χ4n) is 1.94. The monoisotopic (exact) mass is 227 g/mol. The average Bonchev–Trinajstić information content (AvgIpc) is 2.20. The predicted molar refractivity (Wildman–Crippen MR) is 66.2 cm³/mol. The van der Waals surface area contributed by atoms with Crippen LogP contribution < -0.4 is 11.1 Å². The molecule has 0 spiro atoms. The maximum absolute atomic E-state index is 11.6. The summed E-state index contributed by atoms with van der Waals surface area (Å²) in [6, 6.07) is 0.624. The van der Waals surface area contributed by atoms with Crippen molar-refractivity contribution in [2.45, 2.75) is 45.1 Å². The first kappa shape index (κ1) is 13.5. The summed E-state index contributed by atoms with van der Waals surface area (Å²) in [5.74, 6) is 0.158. The molecule has 0 bridgehead atoms. The number of nitrogens with zero attached hydrogens (tertiary/aromatic N) is 1. The molecule has 1 aliphatic rings. The molecule has 1 amide bonds. The van der Waals surface area contributed by atoms with Crippen LogP contribution in [0.3, 0.4) is 0 Å². The molecule has 4 heteroatoms. The topological polar surface area (TPSA) is 58.4 Å². The Morgan fingerprint density at radius 3 is 2.75 bits per heavy atom. The molecule has 1 fully saturated rings. The van der Waals surface area contributed by atoms with Gasteiger partial charge >= 0.3 is 0 Å². The quantitative estimate of drug-likeness (QED) is 0.642. The molecule has 0 aromatic carbocycles. The minimum atomic E-state index is 0.158. The van der Waals surface area contributed by atoms with Crippen LogP contribution >= 0.6 is 0 Å². The molecule has 4 nitrogen and oxygen atoms in total. The largest absolute Gasteiger partial charge is 0.355 e. The normalized spacial score (nSPS) is 16.2. The van der Waals surface area contributed by atoms with Gasteiger partial charge in [0, 0.05) is 19.1 Å². The molecule has 0 aliphatic heterocycles. The molecule has 0 aromatic heterocycles. The molecule has 0 heterocycles. The summed E-state index contributed by atoms with van der Waals surface area (Å²) < 4.78 is 0. The molecule has 3 N–H and O–H groups in total. The molecule has 0 atom stereocenters. The Kier molecular flexibility index (Phi) is 6.42. The molecule has 1 rings (SSSR count). The van der Waals surface area contributed by atoms with Crippen molar-refractivity contribution in [2.24, 2.45) is 5.73 Å². The van der Waals surface area contributed by atoms with E-state index in [0.29, 0.717) is 19.1 Å². The highest BCUT2D eigenvalue weighted by Gasteiger charge is 2.25. The van der Waals surface area contributed by atoms with Crippen molar-refractivity contribution in [2.75, 3.05) is 26.2 Å². The van der Waals surface area contributed by atoms with Gasteiger partial charge in [-0.3, -0.25) is 9.69 Å². The third-order valence-electron chi connectivity index (χ3n) is 3.16. The number of rotatable bonds is 8. The molecule has 94 valence electrons. The summed E-state index contributed by atoms with van der Waals surface area (Å²) >= 11 is 0. The molecule has 16 heavy (non-hydrogen) atoms. The molecule has 1 saturated carbocycles. The molecule has 0 aromatic rings. The molecule has 0 saturated heterocycles. The van der Waals surface area contributed by atoms with Crippen LogP contribution in [0.5, 0.6) is 0 Å². The molecule has 0 unspecified atom stereocenters. The predicted octanol–water partition coefficient (Wildman–Crippen LogP) is 0.716. The van der Waals surface area contributed by atoms with E-state index >= 15 is 0 Å². The zero-order chi connectivity index (χ0) is 11.8. The van der Waals surface area contributed by atoms with E-state index in [9.17, 15) is 4.79 Å². The first-order chi connectivity index (χ1) is 7.77. The second-order valence-corrected chi connectivity index (χ2v) is 4.55. The zero-order valence-corrected chi connectivity index (χ0v) is 10.4. The van der Waals surface area contributed by atoms with Crippen LogP contribution in [0.4, 0.5) is 0 Å². The number of hydrogen-bond acceptors (Lipinski definition) is 3. The first-order valence-corrected chi connectivity index (χ1v) is 6.48. The molecule has 1 aliphatic carbocycles. The maximum atomic E-state index is 11.6. The van der Waals surface area contributed by atoms with Crippen LogP contribution in [0.1, 0.15) is 39.0 Å². The molecular formula is C12H25N3O. The second kappa shape index (κ2) is 7.63. The van der Waals surface area contributed by atoms with E-state index in [1.807, 2.05) is 0 Å². The number of nitrogens with two attached hydrogens (primary N) is 1. The Bertz CT molecular complexity index is 204. The minimum Gasteiger partial charge on any atom is -0.355 e. The van der Waals surface area contributed by atoms with Gasteiger partial charge in [-0.25, -0.2) is 0 Å². The van der Waals surface area contributed by atoms with Gasteiger partial charge in [0.15, 0.2) is 0 Å². The van der Waals surface area contributed by atoms with Crippen molar-refractivity contribution >= 4 is 5.91 Å². The highest BCUT2D eigenvalue weighted by molar-refractivity contribution is 5.78. The van der Waals surface area contributed by atoms with Crippen molar-refractivity contribution in [1.82, 2.24) is 10.2 Å². The van der Waals surface area contributed by atoms with Gasteiger partial charge in [-0.1, -0.05) is 13.3 Å². The Hall–Kier alpha value is -0.610. The van der Waals surface area contributed by atoms with Gasteiger partial charge < -0.3 is 11.1 Å². The van der Waals surface area contributed by atoms with Gasteiger partial charge in [0.05, 0.1) is 6.54 Å². The Labute approximate surface area is 98.6 Å². The van der Waals surface area contributed by atoms with E-state index in [0.717, 1.165) is 25.9 Å². The molecular weight excluding hydrogens is 202 g/mol. The van der Waals surface area contributed by atoms with E-state index in [4.69, 9.17) is 5.73 Å². The van der Waals surface area contributed by atoms with Crippen LogP contribution in [-0.4, -0.2) is 43.0 Å². The zero-order valence-electron chi connectivity index (χ0n) is 10.4. The SMILES string of the molecule is CCCNC(=O)CN(CCCN)C1CCC1. The van der Waals surface area contributed by atoms with E-state index in [1.54, 1.807) is 0 Å². The van der Waals surface area contributed by atoms with Crippen molar-refractivity contribution in [3.63, 3.8) is 0 Å². The Morgan fingerprint density at radius 2 is 2.25 bits per heavy atom. The Balaban J connectivity index is 2.27. The van der Waals surface area contributed by atoms with Gasteiger partial charge in [0.25, 0.3) is 0 Å². The number of hydrogen-bond donors (Lipinski definition) is 2. The summed E-state index contributed by atoms with van der Waals surface area (Å²) in [6.07, 6.45) is 5.77. The van der Waals surface area contributed by atoms with Crippen LogP contribution in [0.15, 0.2) is 0 Å². The van der Waals surface area contributed by atoms with Crippen LogP contribution in [-0.2, 0) is 4.79 Å². The fraction of sp³-hybridized carbons (Fsp3) is 0.917. The third-order valence-corrected chi connectivity index (χ3v) is 3.16. The van der Waals surface area contributed by atoms with E-state index in [-0.39, 0.29) is 5.91 Å². The summed E-state index contributed by atoms with van der Waals surface area (Å²) in [4.78, 5) is 13.9. The highest BCUT2D eigenvalue weighted by Crippen LogP contribution is 2.24. The maximum Gasteiger partial charge on any atom is 0.234 e. The lowest BCUT2D eigenvalue weighted by atomic mass is 9.91. The Morgan fingerprint density at radius 1 is 1.50 bits per heavy atom. The lowest BCUT2D eigenvalue weighted by molar-refractivity contribution is -0.123. The van der Waals surface area contributed by atoms with Crippen molar-refractivity contribution in [1.29, 1.82) is 0 Å². The number of carbonyl (C=O) groups excluding carboxylic acids is 1. The molecule has 0 radical (unpaired) electrons. The summed E-state index contributed by atoms with van der Waals surface area (Å²) in [7, 11) is 0. The highest BCUT2D eigenvalue weighted by atomic mass is 16.2. The fourth-order valence-corrected chi connectivity index (χ4v) is 1.94. The average molecular weight is 227 g/mol. The number of nitrogens with one attached hydrogen (secondary N) is 1. The summed E-state index contributed by atoms with van der Waals surface area (Å²) in [6.45, 7) is 5.07. The second-order valence-electron chi connectivity index (χ2n) is 4.55. The van der Waals surface area contributed by atoms with Gasteiger partial charge in [0.2, 0.25) is 5.91 Å². The van der Waals surface area contributed by atoms with Crippen molar-refractivity contribution in [3.05, 3.63) is 0 Å². The minimum absolute atomic E-state index is 0.158. The van der Waals surface area contributed by atoms with Gasteiger partial charge in [-0.15, -0.1) is 0 Å². The standard InChI is InChI=1S/C12H25N3O/c1-2-8-14-12(16)10-15(9-4-7-13)11-5-3-6-11/h11H,2-10,13H2,1H3,(H,14,16). The lowest BCUT2D eigenvalue weighted by Crippen LogP contribution is -2.46. The first-order valence-electron chi connectivity index (χ1n) is 6.48. The van der Waals surface area contributed by atoms with Crippen LogP contribution in [0.25, 0.3) is 0 Å². The van der Waals surface area contributed by atoms with Crippen LogP contribution in [0.2, 0.25) is 0 Å². The summed E-state index contributed by atoms with van der Waals surface area (Å²) in [5.41, 5.74) is 5.52. The van der Waals surface area contributed by atoms with Gasteiger partial charge in [0.1, 0.15) is 0 Å². The number of carbonyl (C=O) groups is 1. The van der Waals surface area contributed by atoms with Crippen molar-refractivity contribution < 1.29 is 4.79 Å². The smallest absolute Gasteiger partial charge is 0.234 e. The van der Waals surface area contributed by atoms with E-state index in [2.05, 4.69) is 17.1 Å².